The Morgan fingerprint density at radius 1 is 0.920 bits per heavy atom. The minimum absolute atomic E-state index is 0.186. The Bertz CT molecular complexity index is 723. The lowest BCUT2D eigenvalue weighted by atomic mass is 10.2. The largest absolute Gasteiger partial charge is 0.398 e. The van der Waals surface area contributed by atoms with Gasteiger partial charge in [0, 0.05) is 0 Å². The average Bonchev–Trinajstić information content (AvgIpc) is 2.92. The second-order valence-electron chi connectivity index (χ2n) is 7.45. The Kier molecular flexibility index (Phi) is 4.78. The van der Waals surface area contributed by atoms with Crippen LogP contribution in [0.15, 0.2) is 72.8 Å². The van der Waals surface area contributed by atoms with Gasteiger partial charge in [0.1, 0.15) is 6.10 Å². The number of aliphatic hydroxyl groups excluding tert-OH is 1. The highest BCUT2D eigenvalue weighted by molar-refractivity contribution is 6.99. The predicted molar refractivity (Wildman–Crippen MR) is 103 cm³/mol. The number of hydrogen-bond acceptors (Lipinski definition) is 3. The molecule has 0 unspecified atom stereocenters. The van der Waals surface area contributed by atoms with Gasteiger partial charge in [-0.3, -0.25) is 4.79 Å². The predicted octanol–water partition coefficient (Wildman–Crippen LogP) is 2.43. The number of benzene rings is 2. The van der Waals surface area contributed by atoms with Crippen molar-refractivity contribution in [2.75, 3.05) is 0 Å². The first-order chi connectivity index (χ1) is 11.9. The molecule has 0 radical (unpaired) electrons. The Labute approximate surface area is 150 Å². The molecule has 0 bridgehead atoms. The van der Waals surface area contributed by atoms with Crippen molar-refractivity contribution in [2.24, 2.45) is 0 Å². The van der Waals surface area contributed by atoms with Crippen molar-refractivity contribution in [2.45, 2.75) is 38.0 Å². The van der Waals surface area contributed by atoms with E-state index in [4.69, 9.17) is 4.43 Å². The topological polar surface area (TPSA) is 46.5 Å². The monoisotopic (exact) mass is 352 g/mol. The van der Waals surface area contributed by atoms with Gasteiger partial charge in [0.15, 0.2) is 5.78 Å². The highest BCUT2D eigenvalue weighted by Gasteiger charge is 2.52. The second-order valence-corrected chi connectivity index (χ2v) is 11.7. The first-order valence-electron chi connectivity index (χ1n) is 8.55. The van der Waals surface area contributed by atoms with Crippen molar-refractivity contribution >= 4 is 24.5 Å². The van der Waals surface area contributed by atoms with Gasteiger partial charge < -0.3 is 9.53 Å². The van der Waals surface area contributed by atoms with Gasteiger partial charge in [-0.15, -0.1) is 0 Å². The van der Waals surface area contributed by atoms with E-state index in [-0.39, 0.29) is 10.8 Å². The summed E-state index contributed by atoms with van der Waals surface area (Å²) in [6, 6.07) is 20.4. The third-order valence-electron chi connectivity index (χ3n) is 4.78. The molecule has 0 fully saturated rings. The van der Waals surface area contributed by atoms with Gasteiger partial charge in [-0.05, 0) is 21.5 Å². The Hall–Kier alpha value is -2.01. The number of carbonyl (C=O) groups is 1. The van der Waals surface area contributed by atoms with Gasteiger partial charge >= 0.3 is 0 Å². The summed E-state index contributed by atoms with van der Waals surface area (Å²) >= 11 is 0. The van der Waals surface area contributed by atoms with Crippen LogP contribution in [-0.4, -0.2) is 31.4 Å². The van der Waals surface area contributed by atoms with E-state index in [0.29, 0.717) is 0 Å². The summed E-state index contributed by atoms with van der Waals surface area (Å²) in [7, 11) is -2.75. The normalized spacial score (nSPS) is 20.9. The van der Waals surface area contributed by atoms with Gasteiger partial charge in [0.2, 0.25) is 0 Å². The van der Waals surface area contributed by atoms with E-state index in [2.05, 4.69) is 45.0 Å². The fourth-order valence-corrected chi connectivity index (χ4v) is 8.19. The minimum Gasteiger partial charge on any atom is -0.398 e. The van der Waals surface area contributed by atoms with Crippen molar-refractivity contribution in [3.63, 3.8) is 0 Å². The van der Waals surface area contributed by atoms with E-state index in [9.17, 15) is 9.90 Å². The van der Waals surface area contributed by atoms with Crippen LogP contribution < -0.4 is 10.4 Å². The van der Waals surface area contributed by atoms with Crippen LogP contribution in [0.2, 0.25) is 5.04 Å². The third-order valence-corrected chi connectivity index (χ3v) is 9.81. The van der Waals surface area contributed by atoms with E-state index < -0.39 is 20.5 Å². The number of hydrogen-bond donors (Lipinski definition) is 1. The van der Waals surface area contributed by atoms with Crippen molar-refractivity contribution < 1.29 is 14.3 Å². The average molecular weight is 353 g/mol. The third kappa shape index (κ3) is 3.13. The molecular weight excluding hydrogens is 328 g/mol. The molecule has 3 nitrogen and oxygen atoms in total. The van der Waals surface area contributed by atoms with Crippen molar-refractivity contribution in [3.05, 3.63) is 72.8 Å². The van der Waals surface area contributed by atoms with E-state index >= 15 is 0 Å². The maximum absolute atomic E-state index is 11.8. The van der Waals surface area contributed by atoms with Gasteiger partial charge in [-0.2, -0.15) is 0 Å². The Balaban J connectivity index is 2.19. The molecule has 2 aromatic rings. The SMILES string of the molecule is CC(C)(C)[Si](O[C@@H]1C=CC(=O)[C@H]1O)(c1ccccc1)c1ccccc1. The molecule has 0 heterocycles. The zero-order valence-corrected chi connectivity index (χ0v) is 15.8. The number of carbonyl (C=O) groups excluding carboxylic acids is 1. The summed E-state index contributed by atoms with van der Waals surface area (Å²) in [5, 5.41) is 12.3. The zero-order chi connectivity index (χ0) is 18.1. The number of aliphatic hydroxyl groups is 1. The molecule has 0 aliphatic heterocycles. The number of rotatable bonds is 4. The summed E-state index contributed by atoms with van der Waals surface area (Å²) in [6.07, 6.45) is 1.37. The summed E-state index contributed by atoms with van der Waals surface area (Å²) in [4.78, 5) is 11.8. The summed E-state index contributed by atoms with van der Waals surface area (Å²) in [6.45, 7) is 6.52. The summed E-state index contributed by atoms with van der Waals surface area (Å²) in [5.74, 6) is -0.289. The van der Waals surface area contributed by atoms with Crippen molar-refractivity contribution in [1.29, 1.82) is 0 Å². The summed E-state index contributed by atoms with van der Waals surface area (Å²) < 4.78 is 6.70. The lowest BCUT2D eigenvalue weighted by Gasteiger charge is -2.44. The molecule has 1 aliphatic rings. The second kappa shape index (κ2) is 6.71. The minimum atomic E-state index is -2.75. The van der Waals surface area contributed by atoms with E-state index in [1.165, 1.54) is 6.08 Å². The smallest absolute Gasteiger partial charge is 0.262 e. The molecule has 1 aliphatic carbocycles. The first-order valence-corrected chi connectivity index (χ1v) is 10.5. The molecule has 0 saturated carbocycles. The van der Waals surface area contributed by atoms with Gasteiger partial charge in [0.25, 0.3) is 8.32 Å². The molecular formula is C21H24O3Si. The molecule has 2 atom stereocenters. The highest BCUT2D eigenvalue weighted by atomic mass is 28.4. The van der Waals surface area contributed by atoms with Crippen LogP contribution in [0.1, 0.15) is 20.8 Å². The molecule has 2 aromatic carbocycles. The van der Waals surface area contributed by atoms with Crippen LogP contribution in [0, 0.1) is 0 Å². The Morgan fingerprint density at radius 2 is 1.40 bits per heavy atom. The fourth-order valence-electron chi connectivity index (χ4n) is 3.55. The first kappa shape index (κ1) is 17.8. The summed E-state index contributed by atoms with van der Waals surface area (Å²) in [5.41, 5.74) is 0. The van der Waals surface area contributed by atoms with Crippen LogP contribution in [0.5, 0.6) is 0 Å². The quantitative estimate of drug-likeness (QED) is 0.860. The molecule has 0 amide bonds. The van der Waals surface area contributed by atoms with Crippen LogP contribution >= 0.6 is 0 Å². The zero-order valence-electron chi connectivity index (χ0n) is 14.8. The molecule has 3 rings (SSSR count). The van der Waals surface area contributed by atoms with Gasteiger partial charge in [0.05, 0.1) is 6.10 Å². The maximum Gasteiger partial charge on any atom is 0.262 e. The van der Waals surface area contributed by atoms with Gasteiger partial charge in [-0.1, -0.05) is 87.5 Å². The molecule has 0 saturated heterocycles. The van der Waals surface area contributed by atoms with Crippen molar-refractivity contribution in [1.82, 2.24) is 0 Å². The van der Waals surface area contributed by atoms with Crippen LogP contribution in [-0.2, 0) is 9.22 Å². The molecule has 130 valence electrons. The molecule has 1 N–H and O–H groups in total. The van der Waals surface area contributed by atoms with Crippen LogP contribution in [0.25, 0.3) is 0 Å². The molecule has 0 spiro atoms. The van der Waals surface area contributed by atoms with E-state index in [1.807, 2.05) is 36.4 Å². The number of ketones is 1. The van der Waals surface area contributed by atoms with E-state index in [0.717, 1.165) is 10.4 Å². The highest BCUT2D eigenvalue weighted by Crippen LogP contribution is 2.38. The van der Waals surface area contributed by atoms with Gasteiger partial charge in [-0.25, -0.2) is 0 Å². The fraction of sp³-hybridized carbons (Fsp3) is 0.286. The lowest BCUT2D eigenvalue weighted by molar-refractivity contribution is -0.124. The lowest BCUT2D eigenvalue weighted by Crippen LogP contribution is -2.68. The standard InChI is InChI=1S/C21H24O3Si/c1-21(2,3)25(16-10-6-4-7-11-16,17-12-8-5-9-13-17)24-19-15-14-18(22)20(19)23/h4-15,19-20,23H,1-3H3/t19-,20-/m1/s1. The van der Waals surface area contributed by atoms with Crippen LogP contribution in [0.4, 0.5) is 0 Å². The van der Waals surface area contributed by atoms with Crippen LogP contribution in [0.3, 0.4) is 0 Å². The van der Waals surface area contributed by atoms with E-state index in [1.54, 1.807) is 6.08 Å². The molecule has 25 heavy (non-hydrogen) atoms. The maximum atomic E-state index is 11.8. The van der Waals surface area contributed by atoms with Crippen molar-refractivity contribution in [3.8, 4) is 0 Å². The molecule has 4 heteroatoms. The molecule has 0 aromatic heterocycles. The Morgan fingerprint density at radius 3 is 1.76 bits per heavy atom.